The Bertz CT molecular complexity index is 2130. The third-order valence-corrected chi connectivity index (χ3v) is 8.11. The van der Waals surface area contributed by atoms with Crippen molar-refractivity contribution >= 4 is 61.1 Å². The van der Waals surface area contributed by atoms with Crippen LogP contribution in [0.1, 0.15) is 33.3 Å². The standard InChI is InChI=1S/C36H23NO3/c1-2-37-25(18-30-35(38)28-16-21-9-3-4-10-22(21)17-29(28)36(30)39)19-32-31(37)20-33(40-32)34-26-13-7-5-11-23(26)15-24-12-6-8-14-27(24)34/h3-20H,2H2,1H3. The van der Waals surface area contributed by atoms with Gasteiger partial charge in [0.2, 0.25) is 0 Å². The molecule has 0 N–H and O–H groups in total. The summed E-state index contributed by atoms with van der Waals surface area (Å²) in [5.74, 6) is 0.342. The lowest BCUT2D eigenvalue weighted by molar-refractivity contribution is 0.0990. The average molecular weight is 518 g/mol. The van der Waals surface area contributed by atoms with Gasteiger partial charge in [0.25, 0.3) is 0 Å². The van der Waals surface area contributed by atoms with Crippen LogP contribution in [0.3, 0.4) is 0 Å². The van der Waals surface area contributed by atoms with E-state index in [1.807, 2.05) is 42.5 Å². The number of hydrogen-bond donors (Lipinski definition) is 0. The summed E-state index contributed by atoms with van der Waals surface area (Å²) in [6, 6.07) is 34.4. The maximum absolute atomic E-state index is 13.4. The van der Waals surface area contributed by atoms with E-state index in [4.69, 9.17) is 4.42 Å². The number of ketones is 2. The minimum atomic E-state index is -0.228. The molecule has 2 heterocycles. The Labute approximate surface area is 229 Å². The maximum atomic E-state index is 13.4. The second kappa shape index (κ2) is 8.39. The van der Waals surface area contributed by atoms with Gasteiger partial charge in [0, 0.05) is 41.1 Å². The van der Waals surface area contributed by atoms with Crippen molar-refractivity contribution in [2.45, 2.75) is 13.5 Å². The van der Waals surface area contributed by atoms with Crippen LogP contribution < -0.4 is 0 Å². The van der Waals surface area contributed by atoms with Gasteiger partial charge in [-0.05, 0) is 63.5 Å². The molecule has 4 heteroatoms. The number of Topliss-reactive ketones (excluding diaryl/α,β-unsaturated/α-hetero) is 2. The molecule has 2 aromatic heterocycles. The number of rotatable bonds is 3. The maximum Gasteiger partial charge on any atom is 0.197 e. The smallest absolute Gasteiger partial charge is 0.197 e. The van der Waals surface area contributed by atoms with Gasteiger partial charge >= 0.3 is 0 Å². The third-order valence-electron chi connectivity index (χ3n) is 8.11. The molecule has 0 aliphatic heterocycles. The number of allylic oxidation sites excluding steroid dienone is 1. The lowest BCUT2D eigenvalue weighted by Gasteiger charge is -2.09. The molecule has 40 heavy (non-hydrogen) atoms. The number of nitrogens with zero attached hydrogens (tertiary/aromatic N) is 1. The van der Waals surface area contributed by atoms with E-state index in [-0.39, 0.29) is 17.1 Å². The van der Waals surface area contributed by atoms with Crippen molar-refractivity contribution in [2.75, 3.05) is 0 Å². The van der Waals surface area contributed by atoms with E-state index in [0.29, 0.717) is 17.7 Å². The molecular formula is C36H23NO3. The zero-order valence-corrected chi connectivity index (χ0v) is 21.8. The fourth-order valence-electron chi connectivity index (χ4n) is 6.22. The minimum absolute atomic E-state index is 0.195. The molecule has 1 aliphatic rings. The van der Waals surface area contributed by atoms with Crippen LogP contribution in [0.25, 0.3) is 60.8 Å². The molecule has 8 rings (SSSR count). The number of aromatic nitrogens is 1. The third kappa shape index (κ3) is 3.20. The fourth-order valence-corrected chi connectivity index (χ4v) is 6.22. The van der Waals surface area contributed by atoms with Crippen molar-refractivity contribution in [3.8, 4) is 11.3 Å². The van der Waals surface area contributed by atoms with E-state index in [9.17, 15) is 9.59 Å². The van der Waals surface area contributed by atoms with E-state index in [1.165, 1.54) is 0 Å². The number of furan rings is 1. The Hall–Kier alpha value is -5.22. The summed E-state index contributed by atoms with van der Waals surface area (Å²) in [4.78, 5) is 26.7. The van der Waals surface area contributed by atoms with Crippen LogP contribution in [0.15, 0.2) is 113 Å². The number of carbonyl (C=O) groups excluding carboxylic acids is 2. The van der Waals surface area contributed by atoms with Crippen LogP contribution in [-0.4, -0.2) is 16.1 Å². The molecular weight excluding hydrogens is 494 g/mol. The predicted molar refractivity (Wildman–Crippen MR) is 161 cm³/mol. The number of benzene rings is 5. The summed E-state index contributed by atoms with van der Waals surface area (Å²) >= 11 is 0. The lowest BCUT2D eigenvalue weighted by atomic mass is 9.95. The van der Waals surface area contributed by atoms with Crippen molar-refractivity contribution in [2.24, 2.45) is 0 Å². The first-order valence-corrected chi connectivity index (χ1v) is 13.5. The monoisotopic (exact) mass is 517 g/mol. The van der Waals surface area contributed by atoms with Crippen LogP contribution in [0.5, 0.6) is 0 Å². The molecule has 5 aromatic carbocycles. The van der Waals surface area contributed by atoms with E-state index in [2.05, 4.69) is 72.2 Å². The summed E-state index contributed by atoms with van der Waals surface area (Å²) in [5, 5.41) is 6.49. The highest BCUT2D eigenvalue weighted by Crippen LogP contribution is 2.40. The number of fused-ring (bicyclic) bond motifs is 5. The number of carbonyl (C=O) groups is 2. The zero-order chi connectivity index (χ0) is 27.0. The molecule has 0 radical (unpaired) electrons. The van der Waals surface area contributed by atoms with Gasteiger partial charge in [-0.15, -0.1) is 0 Å². The topological polar surface area (TPSA) is 52.2 Å². The summed E-state index contributed by atoms with van der Waals surface area (Å²) in [6.45, 7) is 2.72. The number of hydrogen-bond acceptors (Lipinski definition) is 3. The molecule has 7 aromatic rings. The first-order chi connectivity index (χ1) is 19.6. The highest BCUT2D eigenvalue weighted by atomic mass is 16.3. The Morgan fingerprint density at radius 1 is 0.675 bits per heavy atom. The zero-order valence-electron chi connectivity index (χ0n) is 21.8. The highest BCUT2D eigenvalue weighted by Gasteiger charge is 2.34. The Kier molecular flexibility index (Phi) is 4.77. The van der Waals surface area contributed by atoms with Crippen molar-refractivity contribution in [1.29, 1.82) is 0 Å². The number of aryl methyl sites for hydroxylation is 1. The molecule has 190 valence electrons. The second-order valence-electron chi connectivity index (χ2n) is 10.3. The molecule has 0 fully saturated rings. The Balaban J connectivity index is 1.28. The van der Waals surface area contributed by atoms with Gasteiger partial charge in [-0.1, -0.05) is 72.8 Å². The summed E-state index contributed by atoms with van der Waals surface area (Å²) in [7, 11) is 0. The van der Waals surface area contributed by atoms with Crippen LogP contribution in [0, 0.1) is 0 Å². The second-order valence-corrected chi connectivity index (χ2v) is 10.3. The van der Waals surface area contributed by atoms with E-state index in [1.54, 1.807) is 6.08 Å². The van der Waals surface area contributed by atoms with Gasteiger partial charge in [0.15, 0.2) is 17.1 Å². The Morgan fingerprint density at radius 2 is 1.23 bits per heavy atom. The van der Waals surface area contributed by atoms with Crippen molar-refractivity contribution in [3.05, 3.63) is 126 Å². The fraction of sp³-hybridized carbons (Fsp3) is 0.0556. The molecule has 0 bridgehead atoms. The van der Waals surface area contributed by atoms with Gasteiger partial charge in [0.05, 0.1) is 11.1 Å². The average Bonchev–Trinajstić information content (AvgIpc) is 3.60. The quantitative estimate of drug-likeness (QED) is 0.134. The molecule has 0 saturated heterocycles. The van der Waals surface area contributed by atoms with Gasteiger partial charge in [-0.2, -0.15) is 0 Å². The highest BCUT2D eigenvalue weighted by molar-refractivity contribution is 6.42. The van der Waals surface area contributed by atoms with Crippen molar-refractivity contribution in [3.63, 3.8) is 0 Å². The lowest BCUT2D eigenvalue weighted by Crippen LogP contribution is -2.03. The largest absolute Gasteiger partial charge is 0.454 e. The molecule has 0 atom stereocenters. The molecule has 0 saturated carbocycles. The SMILES string of the molecule is CCn1c(C=C2C(=O)c3cc4ccccc4cc3C2=O)cc2oc(-c3c4ccccc4cc4ccccc34)cc21. The molecule has 0 spiro atoms. The minimum Gasteiger partial charge on any atom is -0.454 e. The van der Waals surface area contributed by atoms with Crippen molar-refractivity contribution < 1.29 is 14.0 Å². The molecule has 0 unspecified atom stereocenters. The molecule has 4 nitrogen and oxygen atoms in total. The summed E-state index contributed by atoms with van der Waals surface area (Å²) in [6.07, 6.45) is 1.72. The van der Waals surface area contributed by atoms with Gasteiger partial charge in [0.1, 0.15) is 5.76 Å². The van der Waals surface area contributed by atoms with Crippen LogP contribution in [-0.2, 0) is 6.54 Å². The van der Waals surface area contributed by atoms with Crippen LogP contribution in [0.2, 0.25) is 0 Å². The van der Waals surface area contributed by atoms with E-state index >= 15 is 0 Å². The first kappa shape index (κ1) is 22.7. The first-order valence-electron chi connectivity index (χ1n) is 13.5. The molecule has 0 amide bonds. The van der Waals surface area contributed by atoms with Gasteiger partial charge in [-0.3, -0.25) is 9.59 Å². The Morgan fingerprint density at radius 3 is 1.80 bits per heavy atom. The predicted octanol–water partition coefficient (Wildman–Crippen LogP) is 8.84. The van der Waals surface area contributed by atoms with Gasteiger partial charge < -0.3 is 8.98 Å². The van der Waals surface area contributed by atoms with Crippen molar-refractivity contribution in [1.82, 2.24) is 4.57 Å². The van der Waals surface area contributed by atoms with E-state index in [0.717, 1.165) is 60.4 Å². The molecule has 1 aliphatic carbocycles. The van der Waals surface area contributed by atoms with Crippen LogP contribution in [0.4, 0.5) is 0 Å². The summed E-state index contributed by atoms with van der Waals surface area (Å²) in [5.41, 5.74) is 4.64. The normalized spacial score (nSPS) is 13.3. The van der Waals surface area contributed by atoms with Crippen LogP contribution >= 0.6 is 0 Å². The summed E-state index contributed by atoms with van der Waals surface area (Å²) < 4.78 is 8.61. The van der Waals surface area contributed by atoms with E-state index < -0.39 is 0 Å². The van der Waals surface area contributed by atoms with Gasteiger partial charge in [-0.25, -0.2) is 0 Å².